The number of likely N-dealkylation sites (N-methyl/N-ethyl adjacent to an activating group) is 1. The Labute approximate surface area is 105 Å². The monoisotopic (exact) mass is 238 g/mol. The normalized spacial score (nSPS) is 11.1. The lowest BCUT2D eigenvalue weighted by Gasteiger charge is -2.17. The molecule has 0 bridgehead atoms. The van der Waals surface area contributed by atoms with Crippen molar-refractivity contribution in [3.05, 3.63) is 12.4 Å². The Kier molecular flexibility index (Phi) is 6.70. The second kappa shape index (κ2) is 8.12. The Morgan fingerprint density at radius 1 is 1.29 bits per heavy atom. The van der Waals surface area contributed by atoms with Crippen LogP contribution in [0, 0.1) is 0 Å². The van der Waals surface area contributed by atoms with Crippen LogP contribution in [0.4, 0.5) is 5.69 Å². The summed E-state index contributed by atoms with van der Waals surface area (Å²) in [5.41, 5.74) is 1.14. The van der Waals surface area contributed by atoms with Gasteiger partial charge in [-0.1, -0.05) is 27.2 Å². The lowest BCUT2D eigenvalue weighted by atomic mass is 10.3. The standard InChI is InChI=1S/C13H26N4/c1-4-7-8-14-13-11-15-17(12-13)10-9-16(5-2)6-3/h11-12,14H,4-10H2,1-3H3. The molecule has 17 heavy (non-hydrogen) atoms. The van der Waals surface area contributed by atoms with Gasteiger partial charge in [0.05, 0.1) is 18.4 Å². The van der Waals surface area contributed by atoms with Gasteiger partial charge >= 0.3 is 0 Å². The topological polar surface area (TPSA) is 33.1 Å². The molecule has 0 aliphatic heterocycles. The van der Waals surface area contributed by atoms with Gasteiger partial charge in [0.15, 0.2) is 0 Å². The fraction of sp³-hybridized carbons (Fsp3) is 0.769. The van der Waals surface area contributed by atoms with Crippen molar-refractivity contribution < 1.29 is 0 Å². The van der Waals surface area contributed by atoms with E-state index in [9.17, 15) is 0 Å². The third-order valence-electron chi connectivity index (χ3n) is 3.03. The molecule has 0 aromatic carbocycles. The minimum atomic E-state index is 0.969. The molecule has 0 spiro atoms. The molecular formula is C13H26N4. The van der Waals surface area contributed by atoms with Crippen LogP contribution in [-0.4, -0.2) is 40.9 Å². The third-order valence-corrected chi connectivity index (χ3v) is 3.03. The highest BCUT2D eigenvalue weighted by molar-refractivity contribution is 5.37. The molecular weight excluding hydrogens is 212 g/mol. The van der Waals surface area contributed by atoms with Gasteiger partial charge < -0.3 is 10.2 Å². The average molecular weight is 238 g/mol. The molecule has 0 aliphatic carbocycles. The number of nitrogens with zero attached hydrogens (tertiary/aromatic N) is 3. The van der Waals surface area contributed by atoms with E-state index in [2.05, 4.69) is 42.3 Å². The van der Waals surface area contributed by atoms with Crippen LogP contribution >= 0.6 is 0 Å². The van der Waals surface area contributed by atoms with Crippen molar-refractivity contribution in [2.75, 3.05) is 31.5 Å². The maximum Gasteiger partial charge on any atom is 0.0726 e. The Morgan fingerprint density at radius 2 is 2.06 bits per heavy atom. The number of hydrogen-bond donors (Lipinski definition) is 1. The van der Waals surface area contributed by atoms with Crippen molar-refractivity contribution in [3.8, 4) is 0 Å². The van der Waals surface area contributed by atoms with Gasteiger partial charge in [-0.3, -0.25) is 4.68 Å². The van der Waals surface area contributed by atoms with Crippen molar-refractivity contribution in [3.63, 3.8) is 0 Å². The molecule has 1 heterocycles. The highest BCUT2D eigenvalue weighted by Crippen LogP contribution is 2.05. The van der Waals surface area contributed by atoms with Crippen molar-refractivity contribution in [1.29, 1.82) is 0 Å². The quantitative estimate of drug-likeness (QED) is 0.671. The third kappa shape index (κ3) is 5.22. The number of aromatic nitrogens is 2. The van der Waals surface area contributed by atoms with E-state index >= 15 is 0 Å². The van der Waals surface area contributed by atoms with Gasteiger partial charge in [0.25, 0.3) is 0 Å². The fourth-order valence-corrected chi connectivity index (χ4v) is 1.77. The Morgan fingerprint density at radius 3 is 2.71 bits per heavy atom. The van der Waals surface area contributed by atoms with Crippen molar-refractivity contribution >= 4 is 5.69 Å². The second-order valence-electron chi connectivity index (χ2n) is 4.30. The van der Waals surface area contributed by atoms with Crippen LogP contribution in [0.3, 0.4) is 0 Å². The summed E-state index contributed by atoms with van der Waals surface area (Å²) < 4.78 is 2.02. The first-order valence-corrected chi connectivity index (χ1v) is 6.78. The molecule has 0 saturated heterocycles. The highest BCUT2D eigenvalue weighted by atomic mass is 15.3. The van der Waals surface area contributed by atoms with Gasteiger partial charge in [-0.25, -0.2) is 0 Å². The van der Waals surface area contributed by atoms with Crippen LogP contribution < -0.4 is 5.32 Å². The highest BCUT2D eigenvalue weighted by Gasteiger charge is 2.01. The maximum absolute atomic E-state index is 4.36. The van der Waals surface area contributed by atoms with E-state index in [0.717, 1.165) is 38.4 Å². The van der Waals surface area contributed by atoms with Gasteiger partial charge in [0, 0.05) is 19.3 Å². The molecule has 0 fully saturated rings. The van der Waals surface area contributed by atoms with E-state index in [0.29, 0.717) is 0 Å². The van der Waals surface area contributed by atoms with Crippen LogP contribution in [0.5, 0.6) is 0 Å². The molecule has 0 aliphatic rings. The van der Waals surface area contributed by atoms with E-state index in [1.54, 1.807) is 0 Å². The van der Waals surface area contributed by atoms with Gasteiger partial charge in [-0.15, -0.1) is 0 Å². The predicted molar refractivity (Wildman–Crippen MR) is 73.4 cm³/mol. The minimum absolute atomic E-state index is 0.969. The number of rotatable bonds is 9. The zero-order valence-corrected chi connectivity index (χ0v) is 11.4. The zero-order valence-electron chi connectivity index (χ0n) is 11.4. The van der Waals surface area contributed by atoms with Crippen LogP contribution in [0.1, 0.15) is 33.6 Å². The summed E-state index contributed by atoms with van der Waals surface area (Å²) in [5, 5.41) is 7.75. The number of anilines is 1. The Bertz CT molecular complexity index is 291. The molecule has 0 amide bonds. The molecule has 0 atom stereocenters. The van der Waals surface area contributed by atoms with Gasteiger partial charge in [-0.05, 0) is 19.5 Å². The maximum atomic E-state index is 4.36. The van der Waals surface area contributed by atoms with Crippen LogP contribution in [0.2, 0.25) is 0 Å². The SMILES string of the molecule is CCCCNc1cnn(CCN(CC)CC)c1. The molecule has 4 nitrogen and oxygen atoms in total. The first-order chi connectivity index (χ1) is 8.30. The smallest absolute Gasteiger partial charge is 0.0726 e. The van der Waals surface area contributed by atoms with Crippen molar-refractivity contribution in [2.45, 2.75) is 40.2 Å². The van der Waals surface area contributed by atoms with E-state index in [1.165, 1.54) is 12.8 Å². The molecule has 1 aromatic rings. The lowest BCUT2D eigenvalue weighted by Crippen LogP contribution is -2.27. The molecule has 1 rings (SSSR count). The predicted octanol–water partition coefficient (Wildman–Crippen LogP) is 2.44. The van der Waals surface area contributed by atoms with E-state index < -0.39 is 0 Å². The summed E-state index contributed by atoms with van der Waals surface area (Å²) in [6.07, 6.45) is 6.45. The van der Waals surface area contributed by atoms with Crippen LogP contribution in [0.25, 0.3) is 0 Å². The molecule has 1 N–H and O–H groups in total. The first kappa shape index (κ1) is 14.0. The number of nitrogens with one attached hydrogen (secondary N) is 1. The zero-order chi connectivity index (χ0) is 12.5. The molecule has 0 unspecified atom stereocenters. The number of unbranched alkanes of at least 4 members (excludes halogenated alkanes) is 1. The van der Waals surface area contributed by atoms with Gasteiger partial charge in [0.2, 0.25) is 0 Å². The van der Waals surface area contributed by atoms with Crippen molar-refractivity contribution in [2.24, 2.45) is 0 Å². The van der Waals surface area contributed by atoms with E-state index in [-0.39, 0.29) is 0 Å². The summed E-state index contributed by atoms with van der Waals surface area (Å²) in [7, 11) is 0. The van der Waals surface area contributed by atoms with E-state index in [1.807, 2.05) is 10.9 Å². The summed E-state index contributed by atoms with van der Waals surface area (Å²) in [5.74, 6) is 0. The summed E-state index contributed by atoms with van der Waals surface area (Å²) in [4.78, 5) is 2.41. The summed E-state index contributed by atoms with van der Waals surface area (Å²) >= 11 is 0. The van der Waals surface area contributed by atoms with Crippen LogP contribution in [0.15, 0.2) is 12.4 Å². The first-order valence-electron chi connectivity index (χ1n) is 6.78. The largest absolute Gasteiger partial charge is 0.383 e. The Hall–Kier alpha value is -1.03. The van der Waals surface area contributed by atoms with Gasteiger partial charge in [-0.2, -0.15) is 5.10 Å². The second-order valence-corrected chi connectivity index (χ2v) is 4.30. The molecule has 98 valence electrons. The average Bonchev–Trinajstić information content (AvgIpc) is 2.79. The molecule has 1 aromatic heterocycles. The summed E-state index contributed by atoms with van der Waals surface area (Å²) in [6.45, 7) is 11.9. The molecule has 4 heteroatoms. The fourth-order valence-electron chi connectivity index (χ4n) is 1.77. The minimum Gasteiger partial charge on any atom is -0.383 e. The lowest BCUT2D eigenvalue weighted by molar-refractivity contribution is 0.285. The van der Waals surface area contributed by atoms with Gasteiger partial charge in [0.1, 0.15) is 0 Å². The Balaban J connectivity index is 2.30. The van der Waals surface area contributed by atoms with Crippen LogP contribution in [-0.2, 0) is 6.54 Å². The molecule has 0 radical (unpaired) electrons. The summed E-state index contributed by atoms with van der Waals surface area (Å²) in [6, 6.07) is 0. The van der Waals surface area contributed by atoms with E-state index in [4.69, 9.17) is 0 Å². The molecule has 0 saturated carbocycles. The van der Waals surface area contributed by atoms with Crippen molar-refractivity contribution in [1.82, 2.24) is 14.7 Å². The number of hydrogen-bond acceptors (Lipinski definition) is 3.